The van der Waals surface area contributed by atoms with Crippen molar-refractivity contribution in [2.75, 3.05) is 18.5 Å². The number of carbonyl (C=O) groups is 1. The molecule has 2 aromatic carbocycles. The van der Waals surface area contributed by atoms with Gasteiger partial charge in [0.15, 0.2) is 6.61 Å². The van der Waals surface area contributed by atoms with Gasteiger partial charge in [0.2, 0.25) is 0 Å². The van der Waals surface area contributed by atoms with E-state index < -0.39 is 0 Å². The summed E-state index contributed by atoms with van der Waals surface area (Å²) in [4.78, 5) is 12.3. The summed E-state index contributed by atoms with van der Waals surface area (Å²) >= 11 is 0. The highest BCUT2D eigenvalue weighted by Crippen LogP contribution is 2.38. The first-order chi connectivity index (χ1) is 13.0. The van der Waals surface area contributed by atoms with Crippen LogP contribution in [-0.2, 0) is 11.2 Å². The molecule has 1 aliphatic heterocycles. The van der Waals surface area contributed by atoms with E-state index in [1.54, 1.807) is 0 Å². The average molecular weight is 369 g/mol. The van der Waals surface area contributed by atoms with Crippen LogP contribution in [0.1, 0.15) is 44.7 Å². The zero-order chi connectivity index (χ0) is 19.4. The summed E-state index contributed by atoms with van der Waals surface area (Å²) in [5.74, 6) is 2.35. The van der Waals surface area contributed by atoms with Gasteiger partial charge < -0.3 is 19.5 Å². The molecule has 3 rings (SSSR count). The van der Waals surface area contributed by atoms with E-state index in [0.29, 0.717) is 29.7 Å². The van der Waals surface area contributed by atoms with Crippen LogP contribution in [0.4, 0.5) is 5.69 Å². The zero-order valence-corrected chi connectivity index (χ0v) is 16.4. The number of nitrogens with one attached hydrogen (secondary N) is 1. The van der Waals surface area contributed by atoms with Crippen LogP contribution < -0.4 is 19.5 Å². The minimum absolute atomic E-state index is 0.0685. The van der Waals surface area contributed by atoms with E-state index in [4.69, 9.17) is 14.2 Å². The Morgan fingerprint density at radius 1 is 1.22 bits per heavy atom. The summed E-state index contributed by atoms with van der Waals surface area (Å²) in [6, 6.07) is 11.6. The lowest BCUT2D eigenvalue weighted by Crippen LogP contribution is -2.20. The van der Waals surface area contributed by atoms with Gasteiger partial charge in [0, 0.05) is 18.1 Å². The molecule has 1 heterocycles. The number of fused-ring (bicyclic) bond motifs is 1. The van der Waals surface area contributed by atoms with Gasteiger partial charge in [-0.2, -0.15) is 0 Å². The molecular weight excluding hydrogens is 342 g/mol. The minimum atomic E-state index is -0.241. The monoisotopic (exact) mass is 369 g/mol. The SMILES string of the molecule is CCOc1cc2c(cc1NC(=O)COc1ccc(C(C)C)cc1)OC(C)C2. The molecule has 1 amide bonds. The van der Waals surface area contributed by atoms with E-state index in [9.17, 15) is 4.79 Å². The first-order valence-electron chi connectivity index (χ1n) is 9.45. The molecule has 5 nitrogen and oxygen atoms in total. The van der Waals surface area contributed by atoms with Gasteiger partial charge >= 0.3 is 0 Å². The van der Waals surface area contributed by atoms with Crippen molar-refractivity contribution in [3.63, 3.8) is 0 Å². The Morgan fingerprint density at radius 2 is 1.96 bits per heavy atom. The molecule has 0 aromatic heterocycles. The van der Waals surface area contributed by atoms with Crippen molar-refractivity contribution in [1.29, 1.82) is 0 Å². The van der Waals surface area contributed by atoms with Crippen LogP contribution in [0.3, 0.4) is 0 Å². The van der Waals surface area contributed by atoms with Crippen molar-refractivity contribution in [2.24, 2.45) is 0 Å². The molecule has 1 unspecified atom stereocenters. The second kappa shape index (κ2) is 8.33. The Hall–Kier alpha value is -2.69. The molecule has 27 heavy (non-hydrogen) atoms. The lowest BCUT2D eigenvalue weighted by atomic mass is 10.0. The maximum absolute atomic E-state index is 12.3. The summed E-state index contributed by atoms with van der Waals surface area (Å²) in [6.45, 7) is 8.68. The molecule has 0 saturated heterocycles. The molecule has 1 N–H and O–H groups in total. The van der Waals surface area contributed by atoms with Gasteiger partial charge in [0.1, 0.15) is 23.4 Å². The number of hydrogen-bond donors (Lipinski definition) is 1. The number of hydrogen-bond acceptors (Lipinski definition) is 4. The highest BCUT2D eigenvalue weighted by Gasteiger charge is 2.22. The lowest BCUT2D eigenvalue weighted by molar-refractivity contribution is -0.118. The molecule has 144 valence electrons. The van der Waals surface area contributed by atoms with E-state index in [1.165, 1.54) is 5.56 Å². The van der Waals surface area contributed by atoms with E-state index in [1.807, 2.05) is 50.2 Å². The number of anilines is 1. The third-order valence-corrected chi connectivity index (χ3v) is 4.49. The van der Waals surface area contributed by atoms with Gasteiger partial charge in [0.25, 0.3) is 5.91 Å². The molecule has 0 aliphatic carbocycles. The van der Waals surface area contributed by atoms with Crippen LogP contribution in [0, 0.1) is 0 Å². The predicted molar refractivity (Wildman–Crippen MR) is 106 cm³/mol. The van der Waals surface area contributed by atoms with Crippen molar-refractivity contribution >= 4 is 11.6 Å². The van der Waals surface area contributed by atoms with Crippen molar-refractivity contribution < 1.29 is 19.0 Å². The molecule has 5 heteroatoms. The third kappa shape index (κ3) is 4.73. The highest BCUT2D eigenvalue weighted by atomic mass is 16.5. The van der Waals surface area contributed by atoms with Crippen molar-refractivity contribution in [3.05, 3.63) is 47.5 Å². The first-order valence-corrected chi connectivity index (χ1v) is 9.45. The standard InChI is InChI=1S/C22H27NO4/c1-5-25-21-11-17-10-15(4)27-20(17)12-19(21)23-22(24)13-26-18-8-6-16(7-9-18)14(2)3/h6-9,11-12,14-15H,5,10,13H2,1-4H3,(H,23,24). The second-order valence-electron chi connectivity index (χ2n) is 7.08. The van der Waals surface area contributed by atoms with Gasteiger partial charge in [-0.05, 0) is 43.5 Å². The summed E-state index contributed by atoms with van der Waals surface area (Å²) in [6.07, 6.45) is 0.983. The van der Waals surface area contributed by atoms with Gasteiger partial charge in [-0.15, -0.1) is 0 Å². The molecule has 0 spiro atoms. The van der Waals surface area contributed by atoms with Gasteiger partial charge in [0.05, 0.1) is 12.3 Å². The predicted octanol–water partition coefficient (Wildman–Crippen LogP) is 4.55. The number of rotatable bonds is 7. The Morgan fingerprint density at radius 3 is 2.63 bits per heavy atom. The molecule has 0 fully saturated rings. The molecule has 0 bridgehead atoms. The zero-order valence-electron chi connectivity index (χ0n) is 16.4. The quantitative estimate of drug-likeness (QED) is 0.778. The lowest BCUT2D eigenvalue weighted by Gasteiger charge is -2.14. The normalized spacial score (nSPS) is 15.2. The van der Waals surface area contributed by atoms with Crippen LogP contribution in [0.15, 0.2) is 36.4 Å². The van der Waals surface area contributed by atoms with E-state index in [2.05, 4.69) is 19.2 Å². The average Bonchev–Trinajstić information content (AvgIpc) is 2.99. The molecular formula is C22H27NO4. The molecule has 2 aromatic rings. The number of benzene rings is 2. The van der Waals surface area contributed by atoms with Crippen molar-refractivity contribution in [2.45, 2.75) is 46.1 Å². The maximum atomic E-state index is 12.3. The fourth-order valence-corrected chi connectivity index (χ4v) is 3.10. The largest absolute Gasteiger partial charge is 0.492 e. The minimum Gasteiger partial charge on any atom is -0.492 e. The first kappa shape index (κ1) is 19.1. The summed E-state index contributed by atoms with van der Waals surface area (Å²) in [5.41, 5.74) is 2.94. The van der Waals surface area contributed by atoms with Gasteiger partial charge in [-0.1, -0.05) is 26.0 Å². The van der Waals surface area contributed by atoms with Crippen LogP contribution in [-0.4, -0.2) is 25.2 Å². The van der Waals surface area contributed by atoms with Gasteiger partial charge in [-0.3, -0.25) is 4.79 Å². The number of carbonyl (C=O) groups excluding carboxylic acids is 1. The number of ether oxygens (including phenoxy) is 3. The van der Waals surface area contributed by atoms with E-state index >= 15 is 0 Å². The molecule has 0 saturated carbocycles. The topological polar surface area (TPSA) is 56.8 Å². The second-order valence-corrected chi connectivity index (χ2v) is 7.08. The van der Waals surface area contributed by atoms with E-state index in [0.717, 1.165) is 17.7 Å². The highest BCUT2D eigenvalue weighted by molar-refractivity contribution is 5.93. The van der Waals surface area contributed by atoms with Crippen LogP contribution >= 0.6 is 0 Å². The van der Waals surface area contributed by atoms with Crippen LogP contribution in [0.25, 0.3) is 0 Å². The van der Waals surface area contributed by atoms with Gasteiger partial charge in [-0.25, -0.2) is 0 Å². The fraction of sp³-hybridized carbons (Fsp3) is 0.409. The third-order valence-electron chi connectivity index (χ3n) is 4.49. The van der Waals surface area contributed by atoms with Crippen molar-refractivity contribution in [3.8, 4) is 17.2 Å². The van der Waals surface area contributed by atoms with E-state index in [-0.39, 0.29) is 18.6 Å². The Kier molecular flexibility index (Phi) is 5.89. The van der Waals surface area contributed by atoms with Crippen molar-refractivity contribution in [1.82, 2.24) is 0 Å². The Labute approximate surface area is 160 Å². The molecule has 1 atom stereocenters. The van der Waals surface area contributed by atoms with Crippen LogP contribution in [0.5, 0.6) is 17.2 Å². The molecule has 1 aliphatic rings. The Balaban J connectivity index is 1.64. The summed E-state index contributed by atoms with van der Waals surface area (Å²) in [7, 11) is 0. The summed E-state index contributed by atoms with van der Waals surface area (Å²) < 4.78 is 17.1. The summed E-state index contributed by atoms with van der Waals surface area (Å²) in [5, 5.41) is 2.87. The fourth-order valence-electron chi connectivity index (χ4n) is 3.10. The number of amides is 1. The smallest absolute Gasteiger partial charge is 0.262 e. The van der Waals surface area contributed by atoms with Crippen LogP contribution in [0.2, 0.25) is 0 Å². The Bertz CT molecular complexity index is 799. The molecule has 0 radical (unpaired) electrons. The maximum Gasteiger partial charge on any atom is 0.262 e.